The first-order valence-corrected chi connectivity index (χ1v) is 9.72. The number of ether oxygens (including phenoxy) is 1. The molecule has 4 nitrogen and oxygen atoms in total. The summed E-state index contributed by atoms with van der Waals surface area (Å²) in [6, 6.07) is 14.5. The molecule has 0 amide bonds. The van der Waals surface area contributed by atoms with E-state index in [2.05, 4.69) is 40.2 Å². The molecule has 0 aliphatic carbocycles. The van der Waals surface area contributed by atoms with Crippen LogP contribution in [0, 0.1) is 0 Å². The monoisotopic (exact) mass is 357 g/mol. The fourth-order valence-corrected chi connectivity index (χ4v) is 3.99. The fourth-order valence-electron chi connectivity index (χ4n) is 3.99. The lowest BCUT2D eigenvalue weighted by Gasteiger charge is -2.13. The number of allylic oxidation sites excluding steroid dienone is 1. The van der Waals surface area contributed by atoms with Crippen LogP contribution in [0.5, 0.6) is 11.5 Å². The first-order chi connectivity index (χ1) is 13.3. The number of hydrogen-bond donors (Lipinski definition) is 0. The van der Waals surface area contributed by atoms with Crippen molar-refractivity contribution in [3.63, 3.8) is 0 Å². The van der Waals surface area contributed by atoms with Crippen LogP contribution in [0.15, 0.2) is 58.5 Å². The molecule has 4 heteroatoms. The van der Waals surface area contributed by atoms with E-state index in [1.807, 2.05) is 24.4 Å². The van der Waals surface area contributed by atoms with Gasteiger partial charge in [0.05, 0.1) is 12.2 Å². The molecule has 27 heavy (non-hydrogen) atoms. The minimum atomic E-state index is 0.767. The molecule has 0 aromatic heterocycles. The van der Waals surface area contributed by atoms with Crippen LogP contribution in [0.1, 0.15) is 24.0 Å². The third kappa shape index (κ3) is 3.58. The molecule has 136 valence electrons. The maximum atomic E-state index is 6.06. The van der Waals surface area contributed by atoms with E-state index in [9.17, 15) is 0 Å². The van der Waals surface area contributed by atoms with Gasteiger partial charge in [-0.2, -0.15) is 0 Å². The van der Waals surface area contributed by atoms with Gasteiger partial charge >= 0.3 is 0 Å². The molecule has 3 aliphatic heterocycles. The number of aliphatic imine (C=N–C) groups is 2. The second-order valence-electron chi connectivity index (χ2n) is 7.44. The zero-order valence-corrected chi connectivity index (χ0v) is 15.4. The molecule has 0 atom stereocenters. The second-order valence-corrected chi connectivity index (χ2v) is 7.44. The largest absolute Gasteiger partial charge is 0.457 e. The van der Waals surface area contributed by atoms with Crippen molar-refractivity contribution >= 4 is 23.2 Å². The van der Waals surface area contributed by atoms with Crippen molar-refractivity contribution in [2.45, 2.75) is 19.3 Å². The van der Waals surface area contributed by atoms with Crippen LogP contribution in [0.3, 0.4) is 0 Å². The Kier molecular flexibility index (Phi) is 4.34. The van der Waals surface area contributed by atoms with E-state index in [1.165, 1.54) is 48.3 Å². The average Bonchev–Trinajstić information content (AvgIpc) is 3.44. The highest BCUT2D eigenvalue weighted by Crippen LogP contribution is 2.33. The van der Waals surface area contributed by atoms with Crippen molar-refractivity contribution < 1.29 is 4.74 Å². The van der Waals surface area contributed by atoms with Gasteiger partial charge in [0.1, 0.15) is 11.5 Å². The summed E-state index contributed by atoms with van der Waals surface area (Å²) in [4.78, 5) is 11.6. The van der Waals surface area contributed by atoms with Crippen molar-refractivity contribution in [1.82, 2.24) is 4.90 Å². The lowest BCUT2D eigenvalue weighted by Crippen LogP contribution is -2.26. The topological polar surface area (TPSA) is 37.2 Å². The van der Waals surface area contributed by atoms with E-state index in [-0.39, 0.29) is 0 Å². The summed E-state index contributed by atoms with van der Waals surface area (Å²) in [5.74, 6) is 1.69. The Morgan fingerprint density at radius 3 is 2.56 bits per heavy atom. The SMILES string of the molecule is C1=NCC(c2ccc(Oc3ccc4c(c3)N=C(CN3CCCC3)C4)cc2)=C1. The molecular weight excluding hydrogens is 334 g/mol. The molecule has 0 N–H and O–H groups in total. The highest BCUT2D eigenvalue weighted by molar-refractivity contribution is 5.95. The van der Waals surface area contributed by atoms with Crippen LogP contribution in [-0.2, 0) is 6.42 Å². The van der Waals surface area contributed by atoms with Crippen LogP contribution in [-0.4, -0.2) is 43.0 Å². The summed E-state index contributed by atoms with van der Waals surface area (Å²) in [5.41, 5.74) is 6.09. The maximum Gasteiger partial charge on any atom is 0.129 e. The minimum Gasteiger partial charge on any atom is -0.457 e. The molecule has 0 radical (unpaired) electrons. The summed E-state index contributed by atoms with van der Waals surface area (Å²) < 4.78 is 6.06. The number of benzene rings is 2. The smallest absolute Gasteiger partial charge is 0.129 e. The summed E-state index contributed by atoms with van der Waals surface area (Å²) >= 11 is 0. The number of nitrogens with zero attached hydrogens (tertiary/aromatic N) is 3. The highest BCUT2D eigenvalue weighted by atomic mass is 16.5. The van der Waals surface area contributed by atoms with Gasteiger partial charge in [-0.1, -0.05) is 18.2 Å². The summed E-state index contributed by atoms with van der Waals surface area (Å²) in [6.07, 6.45) is 7.54. The Morgan fingerprint density at radius 2 is 1.78 bits per heavy atom. The van der Waals surface area contributed by atoms with Crippen molar-refractivity contribution in [1.29, 1.82) is 0 Å². The molecule has 2 aromatic rings. The zero-order chi connectivity index (χ0) is 18.1. The molecule has 2 aromatic carbocycles. The molecule has 1 saturated heterocycles. The van der Waals surface area contributed by atoms with E-state index in [0.717, 1.165) is 36.7 Å². The van der Waals surface area contributed by atoms with Crippen LogP contribution in [0.2, 0.25) is 0 Å². The number of likely N-dealkylation sites (tertiary alicyclic amines) is 1. The number of hydrogen-bond acceptors (Lipinski definition) is 4. The summed E-state index contributed by atoms with van der Waals surface area (Å²) in [5, 5.41) is 0. The normalized spacial score (nSPS) is 18.5. The van der Waals surface area contributed by atoms with Crippen molar-refractivity contribution in [2.75, 3.05) is 26.2 Å². The Labute approximate surface area is 159 Å². The van der Waals surface area contributed by atoms with Gasteiger partial charge in [-0.3, -0.25) is 14.9 Å². The lowest BCUT2D eigenvalue weighted by atomic mass is 10.1. The van der Waals surface area contributed by atoms with Gasteiger partial charge in [-0.05, 0) is 66.9 Å². The third-order valence-corrected chi connectivity index (χ3v) is 5.44. The average molecular weight is 357 g/mol. The zero-order valence-electron chi connectivity index (χ0n) is 15.4. The fraction of sp³-hybridized carbons (Fsp3) is 0.304. The van der Waals surface area contributed by atoms with E-state index >= 15 is 0 Å². The molecule has 0 spiro atoms. The molecule has 3 aliphatic rings. The molecule has 0 saturated carbocycles. The van der Waals surface area contributed by atoms with E-state index in [1.54, 1.807) is 0 Å². The van der Waals surface area contributed by atoms with Crippen molar-refractivity contribution in [3.8, 4) is 11.5 Å². The summed E-state index contributed by atoms with van der Waals surface area (Å²) in [6.45, 7) is 4.19. The van der Waals surface area contributed by atoms with Crippen LogP contribution in [0.4, 0.5) is 5.69 Å². The van der Waals surface area contributed by atoms with Gasteiger partial charge in [0, 0.05) is 31.0 Å². The third-order valence-electron chi connectivity index (χ3n) is 5.44. The van der Waals surface area contributed by atoms with E-state index in [4.69, 9.17) is 9.73 Å². The van der Waals surface area contributed by atoms with E-state index in [0.29, 0.717) is 0 Å². The van der Waals surface area contributed by atoms with Crippen LogP contribution >= 0.6 is 0 Å². The molecular formula is C23H23N3O. The van der Waals surface area contributed by atoms with Gasteiger partial charge in [0.15, 0.2) is 0 Å². The number of rotatable bonds is 5. The Balaban J connectivity index is 1.27. The van der Waals surface area contributed by atoms with Crippen molar-refractivity contribution in [2.24, 2.45) is 9.98 Å². The van der Waals surface area contributed by atoms with Gasteiger partial charge < -0.3 is 4.74 Å². The van der Waals surface area contributed by atoms with Gasteiger partial charge in [-0.25, -0.2) is 0 Å². The quantitative estimate of drug-likeness (QED) is 0.780. The van der Waals surface area contributed by atoms with Crippen molar-refractivity contribution in [3.05, 3.63) is 59.7 Å². The Morgan fingerprint density at radius 1 is 0.963 bits per heavy atom. The van der Waals surface area contributed by atoms with Crippen LogP contribution < -0.4 is 4.74 Å². The standard InChI is InChI=1S/C23H23N3O/c1-2-12-26(11-1)16-20-13-18-5-8-22(14-23(18)25-20)27-21-6-3-17(4-7-21)19-9-10-24-15-19/h3-10,14H,1-2,11-13,15-16H2. The summed E-state index contributed by atoms with van der Waals surface area (Å²) in [7, 11) is 0. The lowest BCUT2D eigenvalue weighted by molar-refractivity contribution is 0.387. The van der Waals surface area contributed by atoms with E-state index < -0.39 is 0 Å². The molecule has 1 fully saturated rings. The molecule has 3 heterocycles. The first kappa shape index (κ1) is 16.5. The van der Waals surface area contributed by atoms with Gasteiger partial charge in [0.25, 0.3) is 0 Å². The van der Waals surface area contributed by atoms with Gasteiger partial charge in [0.2, 0.25) is 0 Å². The van der Waals surface area contributed by atoms with Crippen LogP contribution in [0.25, 0.3) is 5.57 Å². The first-order valence-electron chi connectivity index (χ1n) is 9.72. The Bertz CT molecular complexity index is 935. The second kappa shape index (κ2) is 7.12. The number of fused-ring (bicyclic) bond motifs is 1. The predicted octanol–water partition coefficient (Wildman–Crippen LogP) is 4.67. The Hall–Kier alpha value is -2.72. The van der Waals surface area contributed by atoms with Gasteiger partial charge in [-0.15, -0.1) is 0 Å². The predicted molar refractivity (Wildman–Crippen MR) is 111 cm³/mol. The molecule has 0 unspecified atom stereocenters. The molecule has 5 rings (SSSR count). The minimum absolute atomic E-state index is 0.767. The maximum absolute atomic E-state index is 6.06. The highest BCUT2D eigenvalue weighted by Gasteiger charge is 2.19. The molecule has 0 bridgehead atoms.